The van der Waals surface area contributed by atoms with Crippen molar-refractivity contribution >= 4 is 11.9 Å². The quantitative estimate of drug-likeness (QED) is 0.391. The van der Waals surface area contributed by atoms with Crippen molar-refractivity contribution in [2.75, 3.05) is 7.11 Å². The third kappa shape index (κ3) is 7.41. The zero-order chi connectivity index (χ0) is 23.5. The smallest absolute Gasteiger partial charge is 0.410 e. The van der Waals surface area contributed by atoms with Crippen molar-refractivity contribution in [3.05, 3.63) is 75.5 Å². The molecule has 0 spiro atoms. The number of unbranched alkanes of at least 4 members (excludes halogenated alkanes) is 1. The maximum Gasteiger partial charge on any atom is 0.410 e. The number of benzene rings is 1. The molecule has 2 N–H and O–H groups in total. The summed E-state index contributed by atoms with van der Waals surface area (Å²) in [7, 11) is 1.28. The van der Waals surface area contributed by atoms with Gasteiger partial charge >= 0.3 is 11.7 Å². The molecule has 1 aromatic heterocycles. The number of amides is 1. The van der Waals surface area contributed by atoms with Gasteiger partial charge in [-0.05, 0) is 43.2 Å². The molecular formula is C25H31NO6. The second-order valence-corrected chi connectivity index (χ2v) is 7.66. The van der Waals surface area contributed by atoms with E-state index in [1.54, 1.807) is 13.0 Å². The molecule has 1 aromatic carbocycles. The monoisotopic (exact) mass is 441 g/mol. The number of rotatable bonds is 11. The summed E-state index contributed by atoms with van der Waals surface area (Å²) < 4.78 is 9.70. The molecule has 7 heteroatoms. The second-order valence-electron chi connectivity index (χ2n) is 7.66. The van der Waals surface area contributed by atoms with Crippen LogP contribution in [0.25, 0.3) is 0 Å². The van der Waals surface area contributed by atoms with Crippen molar-refractivity contribution in [3.8, 4) is 5.75 Å². The van der Waals surface area contributed by atoms with E-state index in [1.165, 1.54) is 24.9 Å². The summed E-state index contributed by atoms with van der Waals surface area (Å²) in [6, 6.07) is 9.59. The molecule has 0 aliphatic heterocycles. The van der Waals surface area contributed by atoms with E-state index < -0.39 is 23.4 Å². The Morgan fingerprint density at radius 3 is 2.50 bits per heavy atom. The fourth-order valence-corrected chi connectivity index (χ4v) is 3.24. The number of hydrogen-bond donors (Lipinski definition) is 2. The molecule has 32 heavy (non-hydrogen) atoms. The molecule has 1 amide bonds. The Balaban J connectivity index is 1.92. The number of aromatic hydroxyl groups is 1. The van der Waals surface area contributed by atoms with Crippen LogP contribution in [0, 0.1) is 5.92 Å². The Hall–Kier alpha value is -3.35. The van der Waals surface area contributed by atoms with Gasteiger partial charge in [-0.2, -0.15) is 0 Å². The van der Waals surface area contributed by atoms with E-state index in [0.29, 0.717) is 37.9 Å². The molecule has 0 radical (unpaired) electrons. The number of carbonyl (C=O) groups is 2. The molecule has 2 aromatic rings. The van der Waals surface area contributed by atoms with Crippen LogP contribution in [0.5, 0.6) is 5.75 Å². The first-order valence-corrected chi connectivity index (χ1v) is 10.8. The number of nitrogens with one attached hydrogen (secondary N) is 1. The van der Waals surface area contributed by atoms with Gasteiger partial charge in [-0.15, -0.1) is 0 Å². The third-order valence-electron chi connectivity index (χ3n) is 5.27. The number of alkyl carbamates (subject to hydrolysis) is 1. The van der Waals surface area contributed by atoms with Crippen molar-refractivity contribution in [1.29, 1.82) is 0 Å². The highest BCUT2D eigenvalue weighted by molar-refractivity contribution is 5.99. The number of ether oxygens (including phenoxy) is 1. The van der Waals surface area contributed by atoms with E-state index in [4.69, 9.17) is 4.42 Å². The predicted octanol–water partition coefficient (Wildman–Crippen LogP) is 4.55. The first-order valence-electron chi connectivity index (χ1n) is 10.8. The van der Waals surface area contributed by atoms with Crippen molar-refractivity contribution < 1.29 is 23.8 Å². The summed E-state index contributed by atoms with van der Waals surface area (Å²) in [4.78, 5) is 36.1. The number of methoxy groups -OCH3 is 1. The maximum atomic E-state index is 12.8. The molecule has 0 bridgehead atoms. The summed E-state index contributed by atoms with van der Waals surface area (Å²) in [5.74, 6) is -0.872. The third-order valence-corrected chi connectivity index (χ3v) is 5.27. The lowest BCUT2D eigenvalue weighted by molar-refractivity contribution is 0.0916. The van der Waals surface area contributed by atoms with Crippen LogP contribution in [0.3, 0.4) is 0 Å². The molecule has 1 atom stereocenters. The summed E-state index contributed by atoms with van der Waals surface area (Å²) >= 11 is 0. The molecule has 0 fully saturated rings. The van der Waals surface area contributed by atoms with Gasteiger partial charge in [-0.25, -0.2) is 9.59 Å². The van der Waals surface area contributed by atoms with E-state index in [0.717, 1.165) is 12.0 Å². The number of hydrogen-bond acceptors (Lipinski definition) is 6. The zero-order valence-corrected chi connectivity index (χ0v) is 18.8. The average Bonchev–Trinajstić information content (AvgIpc) is 2.79. The molecule has 1 heterocycles. The number of allylic oxidation sites excluding steroid dienone is 1. The summed E-state index contributed by atoms with van der Waals surface area (Å²) in [5.41, 5.74) is 1.29. The van der Waals surface area contributed by atoms with E-state index in [1.807, 2.05) is 0 Å². The van der Waals surface area contributed by atoms with E-state index >= 15 is 0 Å². The van der Waals surface area contributed by atoms with Crippen molar-refractivity contribution in [1.82, 2.24) is 5.32 Å². The molecule has 7 nitrogen and oxygen atoms in total. The van der Waals surface area contributed by atoms with E-state index in [2.05, 4.69) is 41.2 Å². The van der Waals surface area contributed by atoms with Gasteiger partial charge in [0.15, 0.2) is 5.78 Å². The number of carbonyl (C=O) groups excluding carboxylic acids is 2. The highest BCUT2D eigenvalue weighted by atomic mass is 16.5. The Morgan fingerprint density at radius 1 is 1.19 bits per heavy atom. The van der Waals surface area contributed by atoms with Gasteiger partial charge in [-0.1, -0.05) is 44.2 Å². The van der Waals surface area contributed by atoms with Gasteiger partial charge in [-0.3, -0.25) is 10.1 Å². The predicted molar refractivity (Wildman–Crippen MR) is 122 cm³/mol. The Morgan fingerprint density at radius 2 is 1.88 bits per heavy atom. The number of aryl methyl sites for hydroxylation is 3. The first kappa shape index (κ1) is 24.9. The summed E-state index contributed by atoms with van der Waals surface area (Å²) in [6.45, 7) is 3.85. The minimum Gasteiger partial charge on any atom is -0.507 e. The summed E-state index contributed by atoms with van der Waals surface area (Å²) in [6.07, 6.45) is 6.56. The van der Waals surface area contributed by atoms with Crippen LogP contribution in [0.15, 0.2) is 51.8 Å². The van der Waals surface area contributed by atoms with Gasteiger partial charge in [0, 0.05) is 24.6 Å². The highest BCUT2D eigenvalue weighted by Crippen LogP contribution is 2.22. The molecular weight excluding hydrogens is 410 g/mol. The standard InChI is InChI=1S/C25H31NO6/c1-4-18-11-13-19(14-12-18)10-9-17(2)23(28)22-21(27)16-20(32-24(22)29)8-6-5-7-15-26-25(30)31-3/h7,11-17,27H,4-6,8-10H2,1-3H3,(H,26,30)/b15-7+. The lowest BCUT2D eigenvalue weighted by atomic mass is 9.93. The van der Waals surface area contributed by atoms with Crippen molar-refractivity contribution in [2.45, 2.75) is 52.4 Å². The topological polar surface area (TPSA) is 106 Å². The van der Waals surface area contributed by atoms with Gasteiger partial charge in [0.25, 0.3) is 0 Å². The van der Waals surface area contributed by atoms with Gasteiger partial charge in [0.1, 0.15) is 17.1 Å². The minimum atomic E-state index is -0.813. The Bertz CT molecular complexity index is 990. The SMILES string of the molecule is CCc1ccc(CCC(C)C(=O)c2c(O)cc(CCC/C=C/NC(=O)OC)oc2=O)cc1. The van der Waals surface area contributed by atoms with Crippen LogP contribution in [0.1, 0.15) is 60.4 Å². The molecule has 2 rings (SSSR count). The Kier molecular flexibility index (Phi) is 9.73. The lowest BCUT2D eigenvalue weighted by Gasteiger charge is -2.11. The molecule has 172 valence electrons. The lowest BCUT2D eigenvalue weighted by Crippen LogP contribution is -2.21. The van der Waals surface area contributed by atoms with E-state index in [-0.39, 0.29) is 11.3 Å². The maximum absolute atomic E-state index is 12.8. The molecule has 1 unspecified atom stereocenters. The second kappa shape index (κ2) is 12.5. The van der Waals surface area contributed by atoms with Gasteiger partial charge < -0.3 is 14.3 Å². The van der Waals surface area contributed by atoms with E-state index in [9.17, 15) is 19.5 Å². The molecule has 0 aliphatic carbocycles. The number of ketones is 1. The normalized spacial score (nSPS) is 12.0. The Labute approximate surface area is 188 Å². The molecule has 0 saturated heterocycles. The molecule has 0 saturated carbocycles. The fraction of sp³-hybridized carbons (Fsp3) is 0.400. The zero-order valence-electron chi connectivity index (χ0n) is 18.8. The summed E-state index contributed by atoms with van der Waals surface area (Å²) in [5, 5.41) is 12.7. The van der Waals surface area contributed by atoms with Crippen LogP contribution in [-0.4, -0.2) is 24.1 Å². The van der Waals surface area contributed by atoms with Gasteiger partial charge in [0.2, 0.25) is 0 Å². The fourth-order valence-electron chi connectivity index (χ4n) is 3.24. The molecule has 0 aliphatic rings. The van der Waals surface area contributed by atoms with Gasteiger partial charge in [0.05, 0.1) is 7.11 Å². The van der Waals surface area contributed by atoms with Crippen molar-refractivity contribution in [3.63, 3.8) is 0 Å². The van der Waals surface area contributed by atoms with Crippen molar-refractivity contribution in [2.24, 2.45) is 5.92 Å². The van der Waals surface area contributed by atoms with Crippen LogP contribution in [0.4, 0.5) is 4.79 Å². The van der Waals surface area contributed by atoms with Crippen LogP contribution >= 0.6 is 0 Å². The van der Waals surface area contributed by atoms with Crippen LogP contribution < -0.4 is 10.9 Å². The van der Waals surface area contributed by atoms with Crippen LogP contribution in [0.2, 0.25) is 0 Å². The first-order chi connectivity index (χ1) is 15.3. The average molecular weight is 442 g/mol. The number of Topliss-reactive ketones (excluding diaryl/α,β-unsaturated/α-hetero) is 1. The minimum absolute atomic E-state index is 0.287. The largest absolute Gasteiger partial charge is 0.507 e. The van der Waals surface area contributed by atoms with Crippen LogP contribution in [-0.2, 0) is 24.0 Å². The highest BCUT2D eigenvalue weighted by Gasteiger charge is 2.24.